The third-order valence-corrected chi connectivity index (χ3v) is 0. The molecule has 0 radical (unpaired) electrons. The van der Waals surface area contributed by atoms with Gasteiger partial charge in [0.15, 0.2) is 0 Å². The van der Waals surface area contributed by atoms with Crippen molar-refractivity contribution in [3.8, 4) is 0 Å². The molecule has 0 rings (SSSR count). The summed E-state index contributed by atoms with van der Waals surface area (Å²) in [6.45, 7) is 2.19. The Morgan fingerprint density at radius 2 is 1.67 bits per heavy atom. The van der Waals surface area contributed by atoms with Gasteiger partial charge in [-0.05, 0) is 0 Å². The van der Waals surface area contributed by atoms with Gasteiger partial charge in [0.05, 0.1) is 0 Å². The molecule has 0 aliphatic rings. The van der Waals surface area contributed by atoms with Crippen LogP contribution in [0.4, 0.5) is 0 Å². The van der Waals surface area contributed by atoms with Crippen LogP contribution in [0.1, 0.15) is 6.92 Å². The molecule has 0 amide bonds. The molecule has 6 heavy (non-hydrogen) atoms. The van der Waals surface area contributed by atoms with Crippen molar-refractivity contribution in [3.63, 3.8) is 0 Å². The second-order valence-electron chi connectivity index (χ2n) is 0.807. The summed E-state index contributed by atoms with van der Waals surface area (Å²) >= 11 is 1.37. The number of hydrogen-bond donors (Lipinski definition) is 2. The average Bonchev–Trinajstić information content (AvgIpc) is 1.39. The van der Waals surface area contributed by atoms with Gasteiger partial charge in [-0.3, -0.25) is 0 Å². The number of rotatable bonds is 0. The Morgan fingerprint density at radius 1 is 1.67 bits per heavy atom. The van der Waals surface area contributed by atoms with Gasteiger partial charge in [-0.25, -0.2) is 0 Å². The zero-order chi connectivity index (χ0) is 5.41. The van der Waals surface area contributed by atoms with E-state index < -0.39 is 9.03 Å². The smallest absolute Gasteiger partial charge is 0.149 e. The van der Waals surface area contributed by atoms with E-state index in [1.165, 1.54) is 31.6 Å². The van der Waals surface area contributed by atoms with Crippen molar-refractivity contribution in [3.05, 3.63) is 0 Å². The molecule has 0 saturated heterocycles. The fourth-order valence-corrected chi connectivity index (χ4v) is 0. The van der Waals surface area contributed by atoms with E-state index in [1.54, 1.807) is 0 Å². The standard InChI is InChI=1S/C2H5.Na.H3O2P/c1-2;;1-3-2/h1H2,2H3;;1-3H. The molecule has 0 spiro atoms. The van der Waals surface area contributed by atoms with E-state index in [9.17, 15) is 0 Å². The van der Waals surface area contributed by atoms with Crippen molar-refractivity contribution in [2.75, 3.05) is 0 Å². The van der Waals surface area contributed by atoms with Crippen LogP contribution in [0.25, 0.3) is 0 Å². The van der Waals surface area contributed by atoms with Crippen molar-refractivity contribution in [2.24, 2.45) is 0 Å². The summed E-state index contributed by atoms with van der Waals surface area (Å²) in [5.41, 5.74) is 0. The van der Waals surface area contributed by atoms with Crippen LogP contribution in [0.15, 0.2) is 0 Å². The molecule has 0 bridgehead atoms. The van der Waals surface area contributed by atoms with Crippen LogP contribution in [0, 0.1) is 0 Å². The summed E-state index contributed by atoms with van der Waals surface area (Å²) in [7, 11) is -0.917. The molecule has 2 nitrogen and oxygen atoms in total. The fourth-order valence-electron chi connectivity index (χ4n) is 0. The Balaban J connectivity index is 0. The van der Waals surface area contributed by atoms with Gasteiger partial charge in [0, 0.05) is 0 Å². The Morgan fingerprint density at radius 3 is 1.67 bits per heavy atom. The molecule has 0 fully saturated rings. The summed E-state index contributed by atoms with van der Waals surface area (Å²) in [6.07, 6.45) is 0. The van der Waals surface area contributed by atoms with Crippen LogP contribution < -0.4 is 0 Å². The first-order valence-electron chi connectivity index (χ1n) is 1.86. The largest absolute Gasteiger partial charge is 0.352 e. The minimum Gasteiger partial charge on any atom is -0.352 e. The maximum absolute atomic E-state index is 7.15. The molecular weight excluding hydrogens is 110 g/mol. The van der Waals surface area contributed by atoms with Crippen molar-refractivity contribution >= 4 is 37.0 Å². The predicted molar refractivity (Wildman–Crippen MR) is 29.0 cm³/mol. The first-order valence-corrected chi connectivity index (χ1v) is 4.17. The molecule has 0 aliphatic heterocycles. The number of hydrogen-bond acceptors (Lipinski definition) is 2. The summed E-state index contributed by atoms with van der Waals surface area (Å²) in [5.74, 6) is 0. The van der Waals surface area contributed by atoms with E-state index in [4.69, 9.17) is 9.79 Å². The minimum atomic E-state index is -0.917. The maximum Gasteiger partial charge on any atom is 0.149 e. The first kappa shape index (κ1) is 10.4. The predicted octanol–water partition coefficient (Wildman–Crippen LogP) is 0.0726. The van der Waals surface area contributed by atoms with Gasteiger partial charge >= 0.3 is 38.5 Å². The average molecular weight is 118 g/mol. The van der Waals surface area contributed by atoms with Gasteiger partial charge in [-0.1, -0.05) is 0 Å². The van der Waals surface area contributed by atoms with Gasteiger partial charge < -0.3 is 9.79 Å². The quantitative estimate of drug-likeness (QED) is 0.349. The van der Waals surface area contributed by atoms with Gasteiger partial charge in [-0.2, -0.15) is 0 Å². The molecule has 0 aromatic rings. The molecular formula is C2H8NaO2P. The normalized spacial score (nSPS) is 6.17. The first-order chi connectivity index (χ1) is 2.83. The Kier molecular flexibility index (Phi) is 27.9. The van der Waals surface area contributed by atoms with Crippen molar-refractivity contribution < 1.29 is 9.79 Å². The summed E-state index contributed by atoms with van der Waals surface area (Å²) < 4.78 is 1.39. The van der Waals surface area contributed by atoms with Crippen LogP contribution in [0.3, 0.4) is 0 Å². The summed E-state index contributed by atoms with van der Waals surface area (Å²) in [5, 5.41) is 0. The van der Waals surface area contributed by atoms with Gasteiger partial charge in [0.2, 0.25) is 0 Å². The zero-order valence-corrected chi connectivity index (χ0v) is 7.10. The van der Waals surface area contributed by atoms with Crippen LogP contribution in [-0.2, 0) is 0 Å². The van der Waals surface area contributed by atoms with Gasteiger partial charge in [0.25, 0.3) is 0 Å². The Labute approximate surface area is 57.3 Å². The van der Waals surface area contributed by atoms with E-state index in [0.29, 0.717) is 0 Å². The maximum atomic E-state index is 7.15. The SMILES string of the molecule is C[CH2][Na].OPO. The van der Waals surface area contributed by atoms with Crippen LogP contribution in [0.5, 0.6) is 0 Å². The molecule has 0 unspecified atom stereocenters. The van der Waals surface area contributed by atoms with E-state index in [1.807, 2.05) is 0 Å². The summed E-state index contributed by atoms with van der Waals surface area (Å²) in [4.78, 5) is 14.3. The molecule has 0 heterocycles. The van der Waals surface area contributed by atoms with E-state index in [-0.39, 0.29) is 0 Å². The van der Waals surface area contributed by atoms with Gasteiger partial charge in [0.1, 0.15) is 9.03 Å². The monoisotopic (exact) mass is 118 g/mol. The second-order valence-corrected chi connectivity index (χ2v) is 2.42. The third-order valence-electron chi connectivity index (χ3n) is 0. The third kappa shape index (κ3) is 55.5. The van der Waals surface area contributed by atoms with Gasteiger partial charge in [-0.15, -0.1) is 0 Å². The molecule has 0 aromatic heterocycles. The molecule has 4 heteroatoms. The second kappa shape index (κ2) is 16.2. The molecule has 0 saturated carbocycles. The van der Waals surface area contributed by atoms with Crippen LogP contribution >= 0.6 is 9.03 Å². The molecule has 2 N–H and O–H groups in total. The molecule has 0 atom stereocenters. The molecule has 34 valence electrons. The van der Waals surface area contributed by atoms with E-state index in [2.05, 4.69) is 6.92 Å². The van der Waals surface area contributed by atoms with Crippen LogP contribution in [-0.4, -0.2) is 37.7 Å². The van der Waals surface area contributed by atoms with Crippen molar-refractivity contribution in [1.82, 2.24) is 0 Å². The molecule has 0 aromatic carbocycles. The zero-order valence-electron chi connectivity index (χ0n) is 4.10. The summed E-state index contributed by atoms with van der Waals surface area (Å²) in [6, 6.07) is 0. The van der Waals surface area contributed by atoms with E-state index in [0.717, 1.165) is 0 Å². The van der Waals surface area contributed by atoms with Crippen molar-refractivity contribution in [1.29, 1.82) is 0 Å². The minimum absolute atomic E-state index is 0.917. The Bertz CT molecular complexity index is 13.5. The van der Waals surface area contributed by atoms with E-state index >= 15 is 0 Å². The molecule has 0 aliphatic carbocycles. The van der Waals surface area contributed by atoms with Crippen LogP contribution in [0.2, 0.25) is 3.67 Å². The van der Waals surface area contributed by atoms with Crippen molar-refractivity contribution in [2.45, 2.75) is 10.6 Å². The topological polar surface area (TPSA) is 40.5 Å². The Hall–Kier alpha value is 1.35. The fraction of sp³-hybridized carbons (Fsp3) is 1.00.